The Labute approximate surface area is 152 Å². The van der Waals surface area contributed by atoms with Crippen molar-refractivity contribution >= 4 is 27.6 Å². The predicted octanol–water partition coefficient (Wildman–Crippen LogP) is 2.41. The van der Waals surface area contributed by atoms with Crippen molar-refractivity contribution in [3.8, 4) is 5.95 Å². The molecule has 0 aliphatic heterocycles. The van der Waals surface area contributed by atoms with Crippen molar-refractivity contribution in [3.05, 3.63) is 53.0 Å². The maximum absolute atomic E-state index is 12.2. The summed E-state index contributed by atoms with van der Waals surface area (Å²) in [5.74, 6) is 0.903. The molecule has 3 aromatic rings. The van der Waals surface area contributed by atoms with Gasteiger partial charge in [-0.15, -0.1) is 0 Å². The van der Waals surface area contributed by atoms with Gasteiger partial charge in [-0.1, -0.05) is 0 Å². The normalized spacial score (nSPS) is 11.8. The molecule has 0 radical (unpaired) electrons. The Hall–Kier alpha value is -2.88. The molecule has 0 unspecified atom stereocenters. The number of carbonyl (C=O) groups is 1. The van der Waals surface area contributed by atoms with Crippen molar-refractivity contribution in [1.29, 1.82) is 0 Å². The van der Waals surface area contributed by atoms with Crippen molar-refractivity contribution in [2.24, 2.45) is 0 Å². The number of urea groups is 1. The molecule has 1 atom stereocenters. The van der Waals surface area contributed by atoms with E-state index in [9.17, 15) is 4.79 Å². The largest absolute Gasteiger partial charge is 0.328 e. The van der Waals surface area contributed by atoms with Crippen LogP contribution in [0, 0.1) is 6.92 Å². The fourth-order valence-electron chi connectivity index (χ4n) is 2.10. The van der Waals surface area contributed by atoms with Crippen LogP contribution in [0.4, 0.5) is 10.5 Å². The van der Waals surface area contributed by atoms with Crippen molar-refractivity contribution in [3.63, 3.8) is 0 Å². The Bertz CT molecular complexity index is 882. The number of halogens is 1. The smallest absolute Gasteiger partial charge is 0.319 e. The number of rotatable bonds is 4. The van der Waals surface area contributed by atoms with Gasteiger partial charge in [0.2, 0.25) is 0 Å². The number of nitrogens with one attached hydrogen (secondary N) is 2. The van der Waals surface area contributed by atoms with E-state index in [-0.39, 0.29) is 6.03 Å². The lowest BCUT2D eigenvalue weighted by Crippen LogP contribution is -2.32. The summed E-state index contributed by atoms with van der Waals surface area (Å²) < 4.78 is 2.30. The van der Waals surface area contributed by atoms with Gasteiger partial charge in [-0.25, -0.2) is 19.7 Å². The van der Waals surface area contributed by atoms with Crippen LogP contribution in [-0.4, -0.2) is 35.7 Å². The summed E-state index contributed by atoms with van der Waals surface area (Å²) in [4.78, 5) is 28.9. The molecule has 0 aromatic carbocycles. The molecular weight excluding hydrogens is 388 g/mol. The molecule has 0 bridgehead atoms. The Balaban J connectivity index is 1.70. The van der Waals surface area contributed by atoms with Gasteiger partial charge >= 0.3 is 6.03 Å². The third-order valence-electron chi connectivity index (χ3n) is 3.33. The molecule has 2 amide bonds. The van der Waals surface area contributed by atoms with Crippen molar-refractivity contribution in [1.82, 2.24) is 35.0 Å². The summed E-state index contributed by atoms with van der Waals surface area (Å²) in [5, 5.41) is 9.65. The molecule has 2 N–H and O–H groups in total. The highest BCUT2D eigenvalue weighted by Gasteiger charge is 2.18. The minimum Gasteiger partial charge on any atom is -0.328 e. The van der Waals surface area contributed by atoms with E-state index >= 15 is 0 Å². The number of nitrogens with zero attached hydrogens (tertiary/aromatic N) is 6. The van der Waals surface area contributed by atoms with Gasteiger partial charge in [0.05, 0.1) is 23.6 Å². The fraction of sp³-hybridized carbons (Fsp3) is 0.200. The van der Waals surface area contributed by atoms with Crippen LogP contribution in [0.1, 0.15) is 24.5 Å². The minimum atomic E-state index is -0.409. The number of amides is 2. The minimum absolute atomic E-state index is 0.381. The summed E-state index contributed by atoms with van der Waals surface area (Å²) in [5.41, 5.74) is 1.42. The Morgan fingerprint density at radius 3 is 2.72 bits per heavy atom. The monoisotopic (exact) mass is 402 g/mol. The number of anilines is 1. The van der Waals surface area contributed by atoms with Gasteiger partial charge in [0.25, 0.3) is 5.95 Å². The second kappa shape index (κ2) is 7.34. The molecule has 0 fully saturated rings. The van der Waals surface area contributed by atoms with Crippen LogP contribution in [0.25, 0.3) is 5.95 Å². The average Bonchev–Trinajstić information content (AvgIpc) is 3.09. The van der Waals surface area contributed by atoms with Crippen molar-refractivity contribution in [2.45, 2.75) is 19.9 Å². The Morgan fingerprint density at radius 1 is 1.24 bits per heavy atom. The highest BCUT2D eigenvalue weighted by molar-refractivity contribution is 9.10. The Morgan fingerprint density at radius 2 is 2.00 bits per heavy atom. The van der Waals surface area contributed by atoms with Gasteiger partial charge in [0, 0.05) is 16.9 Å². The lowest BCUT2D eigenvalue weighted by atomic mass is 10.3. The number of carbonyl (C=O) groups excluding carboxylic acids is 1. The maximum Gasteiger partial charge on any atom is 0.319 e. The molecular formula is C15H15BrN8O. The first-order chi connectivity index (χ1) is 12.0. The standard InChI is InChI=1S/C15H15BrN8O/c1-9-12(16)6-11(7-19-9)23-15(25)22-10(2)13-20-8-21-24(13)14-17-4-3-5-18-14/h3-8,10H,1-2H3,(H2,22,23,25)/t10-/m0/s1. The van der Waals surface area contributed by atoms with Crippen LogP contribution in [0.3, 0.4) is 0 Å². The number of aromatic nitrogens is 6. The van der Waals surface area contributed by atoms with Gasteiger partial charge in [0.1, 0.15) is 6.33 Å². The Kier molecular flexibility index (Phi) is 4.98. The molecule has 0 saturated carbocycles. The van der Waals surface area contributed by atoms with Crippen molar-refractivity contribution in [2.75, 3.05) is 5.32 Å². The van der Waals surface area contributed by atoms with Crippen LogP contribution in [0.15, 0.2) is 41.5 Å². The molecule has 3 heterocycles. The number of hydrogen-bond acceptors (Lipinski definition) is 6. The van der Waals surface area contributed by atoms with E-state index in [4.69, 9.17) is 0 Å². The fourth-order valence-corrected chi connectivity index (χ4v) is 2.45. The zero-order chi connectivity index (χ0) is 17.8. The molecule has 0 aliphatic carbocycles. The molecule has 128 valence electrons. The summed E-state index contributed by atoms with van der Waals surface area (Å²) >= 11 is 3.38. The van der Waals surface area contributed by atoms with Crippen LogP contribution < -0.4 is 10.6 Å². The number of hydrogen-bond donors (Lipinski definition) is 2. The summed E-state index contributed by atoms with van der Waals surface area (Å²) in [7, 11) is 0. The molecule has 9 nitrogen and oxygen atoms in total. The third kappa shape index (κ3) is 3.97. The van der Waals surface area contributed by atoms with Crippen LogP contribution in [0.5, 0.6) is 0 Å². The van der Waals surface area contributed by atoms with E-state index in [0.717, 1.165) is 10.2 Å². The second-order valence-electron chi connectivity index (χ2n) is 5.19. The molecule has 0 aliphatic rings. The first kappa shape index (κ1) is 17.0. The van der Waals surface area contributed by atoms with Crippen LogP contribution in [-0.2, 0) is 0 Å². The zero-order valence-corrected chi connectivity index (χ0v) is 15.1. The van der Waals surface area contributed by atoms with Gasteiger partial charge < -0.3 is 10.6 Å². The first-order valence-electron chi connectivity index (χ1n) is 7.41. The average molecular weight is 403 g/mol. The molecule has 0 saturated heterocycles. The molecule has 10 heteroatoms. The second-order valence-corrected chi connectivity index (χ2v) is 6.04. The molecule has 3 rings (SSSR count). The van der Waals surface area contributed by atoms with Gasteiger partial charge in [0.15, 0.2) is 5.82 Å². The SMILES string of the molecule is Cc1ncc(NC(=O)N[C@@H](C)c2ncnn2-c2ncccn2)cc1Br. The molecule has 25 heavy (non-hydrogen) atoms. The van der Waals surface area contributed by atoms with Crippen LogP contribution in [0.2, 0.25) is 0 Å². The van der Waals surface area contributed by atoms with E-state index in [1.165, 1.54) is 11.0 Å². The predicted molar refractivity (Wildman–Crippen MR) is 94.2 cm³/mol. The number of pyridine rings is 1. The van der Waals surface area contributed by atoms with E-state index in [1.54, 1.807) is 37.6 Å². The van der Waals surface area contributed by atoms with Crippen LogP contribution >= 0.6 is 15.9 Å². The lowest BCUT2D eigenvalue weighted by Gasteiger charge is -2.14. The molecule has 3 aromatic heterocycles. The van der Waals surface area contributed by atoms with Gasteiger partial charge in [-0.05, 0) is 41.9 Å². The van der Waals surface area contributed by atoms with E-state index in [1.807, 2.05) is 6.92 Å². The topological polar surface area (TPSA) is 111 Å². The third-order valence-corrected chi connectivity index (χ3v) is 4.14. The van der Waals surface area contributed by atoms with E-state index in [0.29, 0.717) is 17.5 Å². The summed E-state index contributed by atoms with van der Waals surface area (Å²) in [6, 6.07) is 2.71. The van der Waals surface area contributed by atoms with Gasteiger partial charge in [-0.2, -0.15) is 9.78 Å². The molecule has 0 spiro atoms. The summed E-state index contributed by atoms with van der Waals surface area (Å²) in [6.07, 6.45) is 6.20. The quantitative estimate of drug-likeness (QED) is 0.692. The van der Waals surface area contributed by atoms with Crippen molar-refractivity contribution < 1.29 is 4.79 Å². The highest BCUT2D eigenvalue weighted by atomic mass is 79.9. The summed E-state index contributed by atoms with van der Waals surface area (Å²) in [6.45, 7) is 3.67. The van der Waals surface area contributed by atoms with Gasteiger partial charge in [-0.3, -0.25) is 4.98 Å². The number of aryl methyl sites for hydroxylation is 1. The first-order valence-corrected chi connectivity index (χ1v) is 8.21. The lowest BCUT2D eigenvalue weighted by molar-refractivity contribution is 0.248. The maximum atomic E-state index is 12.2. The zero-order valence-electron chi connectivity index (χ0n) is 13.5. The van der Waals surface area contributed by atoms with E-state index < -0.39 is 6.04 Å². The highest BCUT2D eigenvalue weighted by Crippen LogP contribution is 2.18. The van der Waals surface area contributed by atoms with E-state index in [2.05, 4.69) is 51.6 Å².